The molecule has 4 aromatic rings. The van der Waals surface area contributed by atoms with Gasteiger partial charge in [-0.05, 0) is 101 Å². The summed E-state index contributed by atoms with van der Waals surface area (Å²) < 4.78 is 0. The third kappa shape index (κ3) is 7.68. The van der Waals surface area contributed by atoms with Crippen molar-refractivity contribution in [3.05, 3.63) is 71.0 Å². The molecule has 0 spiro atoms. The van der Waals surface area contributed by atoms with E-state index in [2.05, 4.69) is 39.5 Å². The van der Waals surface area contributed by atoms with Gasteiger partial charge in [0.05, 0.1) is 17.6 Å². The highest BCUT2D eigenvalue weighted by atomic mass is 35.5. The smallest absolute Gasteiger partial charge is 0.0737 e. The number of rotatable bonds is 13. The Labute approximate surface area is 229 Å². The molecule has 6 nitrogen and oxygen atoms in total. The van der Waals surface area contributed by atoms with Crippen LogP contribution in [0.25, 0.3) is 21.8 Å². The topological polar surface area (TPSA) is 73.3 Å². The Kier molecular flexibility index (Phi) is 9.81. The molecule has 0 unspecified atom stereocenters. The number of fused-ring (bicyclic) bond motifs is 2. The Balaban J connectivity index is 1.19. The van der Waals surface area contributed by atoms with E-state index in [0.29, 0.717) is 16.1 Å². The number of benzene rings is 2. The van der Waals surface area contributed by atoms with Crippen LogP contribution in [0.5, 0.6) is 0 Å². The molecule has 0 saturated carbocycles. The Bertz CT molecular complexity index is 1320. The van der Waals surface area contributed by atoms with Crippen molar-refractivity contribution in [2.45, 2.75) is 44.7 Å². The van der Waals surface area contributed by atoms with E-state index in [4.69, 9.17) is 23.2 Å². The summed E-state index contributed by atoms with van der Waals surface area (Å²) in [6, 6.07) is 15.8. The Hall–Kier alpha value is -2.64. The molecule has 8 heteroatoms. The third-order valence-electron chi connectivity index (χ3n) is 6.66. The van der Waals surface area contributed by atoms with Gasteiger partial charge in [0, 0.05) is 56.7 Å². The molecular weight excluding hydrogens is 505 g/mol. The fraction of sp³-hybridized carbons (Fsp3) is 0.379. The number of pyridine rings is 2. The fourth-order valence-electron chi connectivity index (χ4n) is 4.65. The van der Waals surface area contributed by atoms with Crippen molar-refractivity contribution in [1.29, 1.82) is 0 Å². The zero-order chi connectivity index (χ0) is 26.2. The lowest BCUT2D eigenvalue weighted by Crippen LogP contribution is -2.27. The molecule has 2 aromatic carbocycles. The minimum absolute atomic E-state index is 0.0102. The van der Waals surface area contributed by atoms with E-state index in [1.54, 1.807) is 6.20 Å². The monoisotopic (exact) mass is 539 g/mol. The van der Waals surface area contributed by atoms with Crippen molar-refractivity contribution in [2.75, 3.05) is 37.4 Å². The first-order valence-corrected chi connectivity index (χ1v) is 13.6. The highest BCUT2D eigenvalue weighted by molar-refractivity contribution is 6.31. The van der Waals surface area contributed by atoms with E-state index in [0.717, 1.165) is 72.0 Å². The molecule has 37 heavy (non-hydrogen) atoms. The molecule has 0 aliphatic carbocycles. The lowest BCUT2D eigenvalue weighted by molar-refractivity contribution is 0.257. The average molecular weight is 541 g/mol. The predicted molar refractivity (Wildman–Crippen MR) is 157 cm³/mol. The van der Waals surface area contributed by atoms with Gasteiger partial charge in [-0.3, -0.25) is 9.97 Å². The molecule has 0 bridgehead atoms. The maximum Gasteiger partial charge on any atom is 0.0737 e. The first-order chi connectivity index (χ1) is 17.9. The molecule has 0 fully saturated rings. The largest absolute Gasteiger partial charge is 0.394 e. The average Bonchev–Trinajstić information content (AvgIpc) is 2.88. The van der Waals surface area contributed by atoms with Crippen LogP contribution in [-0.2, 0) is 0 Å². The quantitative estimate of drug-likeness (QED) is 0.172. The van der Waals surface area contributed by atoms with Crippen molar-refractivity contribution in [2.24, 2.45) is 0 Å². The van der Waals surface area contributed by atoms with Gasteiger partial charge in [-0.25, -0.2) is 0 Å². The molecule has 2 heterocycles. The number of halogens is 2. The second-order valence-corrected chi connectivity index (χ2v) is 10.6. The molecule has 0 amide bonds. The summed E-state index contributed by atoms with van der Waals surface area (Å²) in [5, 5.41) is 20.5. The van der Waals surface area contributed by atoms with Crippen LogP contribution in [0, 0.1) is 0 Å². The summed E-state index contributed by atoms with van der Waals surface area (Å²) in [5.41, 5.74) is 3.82. The summed E-state index contributed by atoms with van der Waals surface area (Å²) in [7, 11) is 2.17. The molecule has 4 rings (SSSR count). The molecule has 0 radical (unpaired) electrons. The van der Waals surface area contributed by atoms with Gasteiger partial charge in [0.1, 0.15) is 0 Å². The van der Waals surface area contributed by atoms with Crippen molar-refractivity contribution in [1.82, 2.24) is 14.9 Å². The van der Waals surface area contributed by atoms with Crippen LogP contribution in [0.3, 0.4) is 0 Å². The van der Waals surface area contributed by atoms with Crippen molar-refractivity contribution in [3.63, 3.8) is 0 Å². The Morgan fingerprint density at radius 2 is 1.35 bits per heavy atom. The maximum atomic E-state index is 9.94. The molecule has 2 atom stereocenters. The van der Waals surface area contributed by atoms with Gasteiger partial charge in [0.2, 0.25) is 0 Å². The number of aliphatic hydroxyl groups excluding tert-OH is 1. The summed E-state index contributed by atoms with van der Waals surface area (Å²) in [5.74, 6) is 0. The predicted octanol–water partition coefficient (Wildman–Crippen LogP) is 6.86. The molecule has 2 aromatic heterocycles. The lowest BCUT2D eigenvalue weighted by atomic mass is 10.1. The van der Waals surface area contributed by atoms with Crippen molar-refractivity contribution in [3.8, 4) is 0 Å². The van der Waals surface area contributed by atoms with Crippen LogP contribution in [0.15, 0.2) is 60.9 Å². The van der Waals surface area contributed by atoms with Crippen LogP contribution in [0.4, 0.5) is 11.4 Å². The van der Waals surface area contributed by atoms with Gasteiger partial charge < -0.3 is 20.6 Å². The first kappa shape index (κ1) is 27.4. The van der Waals surface area contributed by atoms with E-state index in [-0.39, 0.29) is 12.6 Å². The number of anilines is 2. The molecule has 3 N–H and O–H groups in total. The lowest BCUT2D eigenvalue weighted by Gasteiger charge is -2.22. The number of nitrogens with one attached hydrogen (secondary N) is 2. The van der Waals surface area contributed by atoms with Crippen LogP contribution >= 0.6 is 23.2 Å². The maximum absolute atomic E-state index is 9.94. The Morgan fingerprint density at radius 1 is 0.811 bits per heavy atom. The van der Waals surface area contributed by atoms with Gasteiger partial charge in [-0.15, -0.1) is 0 Å². The van der Waals surface area contributed by atoms with E-state index in [1.165, 1.54) is 0 Å². The van der Waals surface area contributed by atoms with E-state index in [1.807, 2.05) is 54.7 Å². The van der Waals surface area contributed by atoms with Gasteiger partial charge in [-0.2, -0.15) is 0 Å². The van der Waals surface area contributed by atoms with Gasteiger partial charge >= 0.3 is 0 Å². The molecule has 0 aliphatic rings. The summed E-state index contributed by atoms with van der Waals surface area (Å²) in [4.78, 5) is 11.2. The van der Waals surface area contributed by atoms with Gasteiger partial charge in [0.15, 0.2) is 0 Å². The third-order valence-corrected chi connectivity index (χ3v) is 7.13. The molecule has 196 valence electrons. The fourth-order valence-corrected chi connectivity index (χ4v) is 4.98. The number of aliphatic hydroxyl groups is 1. The van der Waals surface area contributed by atoms with Crippen LogP contribution < -0.4 is 10.6 Å². The highest BCUT2D eigenvalue weighted by Crippen LogP contribution is 2.26. The number of nitrogens with zero attached hydrogens (tertiary/aromatic N) is 3. The van der Waals surface area contributed by atoms with Gasteiger partial charge in [-0.1, -0.05) is 23.2 Å². The summed E-state index contributed by atoms with van der Waals surface area (Å²) >= 11 is 12.2. The van der Waals surface area contributed by atoms with Crippen molar-refractivity contribution < 1.29 is 5.11 Å². The highest BCUT2D eigenvalue weighted by Gasteiger charge is 2.12. The first-order valence-electron chi connectivity index (χ1n) is 12.8. The molecular formula is C29H35Cl2N5O. The SMILES string of the molecule is C[C@@H](CCCN(C)CCC[C@H](CO)Nc1ccnc2cc(Cl)ccc12)Nc1ccnc2cc(Cl)ccc12. The number of hydrogen-bond acceptors (Lipinski definition) is 6. The van der Waals surface area contributed by atoms with Crippen molar-refractivity contribution >= 4 is 56.4 Å². The second kappa shape index (κ2) is 13.2. The number of hydrogen-bond donors (Lipinski definition) is 3. The molecule has 0 saturated heterocycles. The van der Waals surface area contributed by atoms with E-state index < -0.39 is 0 Å². The summed E-state index contributed by atoms with van der Waals surface area (Å²) in [6.45, 7) is 4.32. The van der Waals surface area contributed by atoms with E-state index >= 15 is 0 Å². The summed E-state index contributed by atoms with van der Waals surface area (Å²) in [6.07, 6.45) is 7.65. The van der Waals surface area contributed by atoms with Crippen LogP contribution in [0.1, 0.15) is 32.6 Å². The zero-order valence-electron chi connectivity index (χ0n) is 21.4. The molecule has 0 aliphatic heterocycles. The Morgan fingerprint density at radius 3 is 1.92 bits per heavy atom. The standard InChI is InChI=1S/C29H35Cl2N5O/c1-20(34-26-11-13-32-28-17-21(30)7-9-24(26)28)5-3-15-36(2)16-4-6-23(19-37)35-27-12-14-33-29-18-22(31)8-10-25(27)29/h7-14,17-18,20,23,37H,3-6,15-16,19H2,1-2H3,(H,32,34)(H,33,35)/t20-,23+/m0/s1. The van der Waals surface area contributed by atoms with E-state index in [9.17, 15) is 5.11 Å². The zero-order valence-corrected chi connectivity index (χ0v) is 22.9. The second-order valence-electron chi connectivity index (χ2n) is 9.70. The van der Waals surface area contributed by atoms with Gasteiger partial charge in [0.25, 0.3) is 0 Å². The number of aromatic nitrogens is 2. The van der Waals surface area contributed by atoms with Crippen LogP contribution in [0.2, 0.25) is 10.0 Å². The van der Waals surface area contributed by atoms with Crippen LogP contribution in [-0.4, -0.2) is 58.8 Å². The minimum Gasteiger partial charge on any atom is -0.394 e. The minimum atomic E-state index is -0.0102. The normalized spacial score (nSPS) is 13.2.